The fourth-order valence-corrected chi connectivity index (χ4v) is 4.34. The number of aliphatic imine (C=N–C) groups is 1. The topological polar surface area (TPSA) is 157 Å². The highest BCUT2D eigenvalue weighted by Gasteiger charge is 2.22. The minimum Gasteiger partial charge on any atom is -0.443 e. The second-order valence-corrected chi connectivity index (χ2v) is 12.3. The zero-order valence-corrected chi connectivity index (χ0v) is 23.6. The summed E-state index contributed by atoms with van der Waals surface area (Å²) in [7, 11) is -2.30. The lowest BCUT2D eigenvalue weighted by Crippen LogP contribution is -2.31. The number of rotatable bonds is 7. The highest BCUT2D eigenvalue weighted by molar-refractivity contribution is 7.89. The van der Waals surface area contributed by atoms with E-state index in [9.17, 15) is 18.0 Å². The number of halogens is 3. The van der Waals surface area contributed by atoms with Gasteiger partial charge in [-0.05, 0) is 35.4 Å². The number of hydrogen-bond donors (Lipinski definition) is 3. The Morgan fingerprint density at radius 1 is 1.03 bits per heavy atom. The lowest BCUT2D eigenvalue weighted by atomic mass is 10.1. The summed E-state index contributed by atoms with van der Waals surface area (Å²) in [6.07, 6.45) is -1.01. The number of urea groups is 1. The van der Waals surface area contributed by atoms with Crippen molar-refractivity contribution in [2.24, 2.45) is 15.9 Å². The molecule has 0 unspecified atom stereocenters. The SMILES string of the molecule is CN(Cc1cccc(C(N)=NC(=O)OCC(Cl)(Cl)Cl)c1)C(=O)Nc1ccc(-c2ccccc2S(N)(=O)=O)cc1. The van der Waals surface area contributed by atoms with Crippen LogP contribution in [-0.2, 0) is 21.3 Å². The van der Waals surface area contributed by atoms with Crippen molar-refractivity contribution >= 4 is 68.5 Å². The molecule has 0 fully saturated rings. The molecule has 3 rings (SSSR count). The average molecular weight is 613 g/mol. The number of primary sulfonamides is 1. The molecule has 0 radical (unpaired) electrons. The zero-order valence-electron chi connectivity index (χ0n) is 20.5. The largest absolute Gasteiger partial charge is 0.443 e. The van der Waals surface area contributed by atoms with E-state index in [-0.39, 0.29) is 17.3 Å². The first-order chi connectivity index (χ1) is 18.2. The Hall–Kier alpha value is -3.35. The summed E-state index contributed by atoms with van der Waals surface area (Å²) in [5.41, 5.74) is 8.63. The Balaban J connectivity index is 1.64. The zero-order chi connectivity index (χ0) is 28.8. The second-order valence-electron chi connectivity index (χ2n) is 8.27. The minimum absolute atomic E-state index is 0.00845. The molecule has 3 aromatic carbocycles. The summed E-state index contributed by atoms with van der Waals surface area (Å²) in [5.74, 6) is -0.109. The number of benzene rings is 3. The minimum atomic E-state index is -3.90. The number of sulfonamides is 1. The third-order valence-electron chi connectivity index (χ3n) is 5.20. The highest BCUT2D eigenvalue weighted by Crippen LogP contribution is 2.28. The summed E-state index contributed by atoms with van der Waals surface area (Å²) in [6, 6.07) is 19.5. The molecule has 0 aliphatic carbocycles. The van der Waals surface area contributed by atoms with Gasteiger partial charge in [0.2, 0.25) is 13.8 Å². The third-order valence-corrected chi connectivity index (χ3v) is 6.50. The number of nitrogens with zero attached hydrogens (tertiary/aromatic N) is 2. The van der Waals surface area contributed by atoms with Crippen LogP contribution in [-0.4, -0.2) is 48.7 Å². The molecule has 39 heavy (non-hydrogen) atoms. The molecular weight excluding hydrogens is 589 g/mol. The molecule has 206 valence electrons. The van der Waals surface area contributed by atoms with Crippen molar-refractivity contribution in [3.8, 4) is 11.1 Å². The van der Waals surface area contributed by atoms with E-state index in [0.29, 0.717) is 27.9 Å². The maximum atomic E-state index is 12.8. The number of nitrogens with two attached hydrogens (primary N) is 2. The molecule has 0 bridgehead atoms. The Morgan fingerprint density at radius 3 is 2.33 bits per heavy atom. The van der Waals surface area contributed by atoms with Gasteiger partial charge in [-0.2, -0.15) is 4.99 Å². The number of carbonyl (C=O) groups excluding carboxylic acids is 2. The Kier molecular flexibility index (Phi) is 9.81. The van der Waals surface area contributed by atoms with Gasteiger partial charge in [0.15, 0.2) is 0 Å². The first-order valence-corrected chi connectivity index (χ1v) is 13.8. The second kappa shape index (κ2) is 12.7. The number of carbonyl (C=O) groups is 2. The van der Waals surface area contributed by atoms with E-state index in [1.807, 2.05) is 0 Å². The fraction of sp³-hybridized carbons (Fsp3) is 0.160. The van der Waals surface area contributed by atoms with Crippen LogP contribution < -0.4 is 16.2 Å². The summed E-state index contributed by atoms with van der Waals surface area (Å²) in [4.78, 5) is 29.6. The van der Waals surface area contributed by atoms with Crippen LogP contribution in [0.1, 0.15) is 11.1 Å². The van der Waals surface area contributed by atoms with Gasteiger partial charge in [-0.25, -0.2) is 23.1 Å². The summed E-state index contributed by atoms with van der Waals surface area (Å²) in [5, 5.41) is 8.10. The normalized spacial score (nSPS) is 12.1. The standard InChI is InChI=1S/C25H24Cl3N5O5S/c1-33(14-16-5-4-6-18(13-16)22(29)32-24(35)38-15-25(26,27)28)23(34)31-19-11-9-17(10-12-19)20-7-2-3-8-21(20)39(30,36)37/h2-13H,14-15H2,1H3,(H,31,34)(H2,29,32,35)(H2,30,36,37). The van der Waals surface area contributed by atoms with Crippen LogP contribution >= 0.6 is 34.8 Å². The lowest BCUT2D eigenvalue weighted by molar-refractivity contribution is 0.159. The predicted molar refractivity (Wildman–Crippen MR) is 153 cm³/mol. The van der Waals surface area contributed by atoms with Gasteiger partial charge in [-0.15, -0.1) is 0 Å². The molecule has 0 spiro atoms. The molecule has 0 saturated heterocycles. The van der Waals surface area contributed by atoms with Crippen LogP contribution in [0.3, 0.4) is 0 Å². The number of alkyl halides is 3. The van der Waals surface area contributed by atoms with Gasteiger partial charge in [0.05, 0.1) is 4.90 Å². The molecule has 10 nitrogen and oxygen atoms in total. The maximum absolute atomic E-state index is 12.8. The number of ether oxygens (including phenoxy) is 1. The van der Waals surface area contributed by atoms with Crippen LogP contribution in [0.2, 0.25) is 0 Å². The van der Waals surface area contributed by atoms with Crippen molar-refractivity contribution in [1.29, 1.82) is 0 Å². The quantitative estimate of drug-likeness (QED) is 0.196. The Bertz CT molecular complexity index is 1490. The van der Waals surface area contributed by atoms with Crippen molar-refractivity contribution in [1.82, 2.24) is 4.90 Å². The number of amides is 3. The number of hydrogen-bond acceptors (Lipinski definition) is 5. The summed E-state index contributed by atoms with van der Waals surface area (Å²) < 4.78 is 26.8. The van der Waals surface area contributed by atoms with Crippen LogP contribution in [0.4, 0.5) is 15.3 Å². The molecule has 0 aliphatic heterocycles. The summed E-state index contributed by atoms with van der Waals surface area (Å²) >= 11 is 16.6. The molecule has 0 atom stereocenters. The molecule has 0 aromatic heterocycles. The van der Waals surface area contributed by atoms with E-state index in [1.165, 1.54) is 11.0 Å². The van der Waals surface area contributed by atoms with E-state index in [4.69, 9.17) is 50.4 Å². The van der Waals surface area contributed by atoms with Gasteiger partial charge < -0.3 is 20.7 Å². The van der Waals surface area contributed by atoms with E-state index >= 15 is 0 Å². The number of amidine groups is 1. The average Bonchev–Trinajstić information content (AvgIpc) is 2.87. The van der Waals surface area contributed by atoms with Crippen molar-refractivity contribution in [2.75, 3.05) is 19.0 Å². The van der Waals surface area contributed by atoms with Crippen LogP contribution in [0.5, 0.6) is 0 Å². The van der Waals surface area contributed by atoms with E-state index in [2.05, 4.69) is 10.3 Å². The van der Waals surface area contributed by atoms with Crippen LogP contribution in [0, 0.1) is 0 Å². The highest BCUT2D eigenvalue weighted by atomic mass is 35.6. The maximum Gasteiger partial charge on any atom is 0.435 e. The van der Waals surface area contributed by atoms with Gasteiger partial charge in [0.25, 0.3) is 0 Å². The number of nitrogens with one attached hydrogen (secondary N) is 1. The summed E-state index contributed by atoms with van der Waals surface area (Å²) in [6.45, 7) is -0.274. The molecule has 5 N–H and O–H groups in total. The molecular formula is C25H24Cl3N5O5S. The molecule has 3 amide bonds. The van der Waals surface area contributed by atoms with Gasteiger partial charge in [0.1, 0.15) is 12.4 Å². The van der Waals surface area contributed by atoms with Gasteiger partial charge >= 0.3 is 12.1 Å². The van der Waals surface area contributed by atoms with Crippen molar-refractivity contribution in [3.63, 3.8) is 0 Å². The molecule has 14 heteroatoms. The molecule has 3 aromatic rings. The van der Waals surface area contributed by atoms with Crippen molar-refractivity contribution < 1.29 is 22.7 Å². The molecule has 0 aliphatic rings. The van der Waals surface area contributed by atoms with Crippen molar-refractivity contribution in [3.05, 3.63) is 83.9 Å². The number of anilines is 1. The monoisotopic (exact) mass is 611 g/mol. The molecule has 0 heterocycles. The van der Waals surface area contributed by atoms with E-state index < -0.39 is 32.5 Å². The lowest BCUT2D eigenvalue weighted by Gasteiger charge is -2.19. The first-order valence-electron chi connectivity index (χ1n) is 11.1. The van der Waals surface area contributed by atoms with Crippen LogP contribution in [0.15, 0.2) is 82.7 Å². The smallest absolute Gasteiger partial charge is 0.435 e. The van der Waals surface area contributed by atoms with Gasteiger partial charge in [-0.3, -0.25) is 0 Å². The Morgan fingerprint density at radius 2 is 1.69 bits per heavy atom. The van der Waals surface area contributed by atoms with Crippen LogP contribution in [0.25, 0.3) is 11.1 Å². The van der Waals surface area contributed by atoms with E-state index in [0.717, 1.165) is 0 Å². The van der Waals surface area contributed by atoms with Gasteiger partial charge in [-0.1, -0.05) is 83.3 Å². The Labute approximate surface area is 240 Å². The van der Waals surface area contributed by atoms with Gasteiger partial charge in [0, 0.05) is 30.4 Å². The predicted octanol–water partition coefficient (Wildman–Crippen LogP) is 4.88. The molecule has 0 saturated carbocycles. The first kappa shape index (κ1) is 30.2. The third kappa shape index (κ3) is 9.12. The fourth-order valence-electron chi connectivity index (χ4n) is 3.42. The van der Waals surface area contributed by atoms with Crippen molar-refractivity contribution in [2.45, 2.75) is 15.2 Å². The van der Waals surface area contributed by atoms with E-state index in [1.54, 1.807) is 73.8 Å².